The molecule has 2 amide bonds. The number of amides is 2. The van der Waals surface area contributed by atoms with Gasteiger partial charge >= 0.3 is 0 Å². The molecule has 5 rings (SSSR count). The smallest absolute Gasteiger partial charge is 0.259 e. The van der Waals surface area contributed by atoms with E-state index in [-0.39, 0.29) is 11.9 Å². The summed E-state index contributed by atoms with van der Waals surface area (Å²) >= 11 is 0. The number of carbonyl (C=O) groups excluding carboxylic acids is 2. The molecule has 0 unspecified atom stereocenters. The first-order valence-electron chi connectivity index (χ1n) is 11.3. The number of anilines is 1. The van der Waals surface area contributed by atoms with Crippen LogP contribution in [0, 0.1) is 11.8 Å². The van der Waals surface area contributed by atoms with Crippen molar-refractivity contribution in [1.82, 2.24) is 4.90 Å². The molecule has 0 atom stereocenters. The highest BCUT2D eigenvalue weighted by atomic mass is 16.2. The van der Waals surface area contributed by atoms with Crippen molar-refractivity contribution >= 4 is 23.1 Å². The van der Waals surface area contributed by atoms with Crippen LogP contribution >= 0.6 is 0 Å². The average Bonchev–Trinajstić information content (AvgIpc) is 2.99. The van der Waals surface area contributed by atoms with E-state index < -0.39 is 5.91 Å². The molecule has 5 nitrogen and oxygen atoms in total. The van der Waals surface area contributed by atoms with E-state index >= 15 is 0 Å². The summed E-state index contributed by atoms with van der Waals surface area (Å²) in [5.41, 5.74) is 7.57. The number of carbonyl (C=O) groups is 2. The monoisotopic (exact) mass is 393 g/mol. The number of piperidine rings is 1. The van der Waals surface area contributed by atoms with Crippen molar-refractivity contribution in [2.75, 3.05) is 18.0 Å². The molecule has 1 aromatic carbocycles. The van der Waals surface area contributed by atoms with Gasteiger partial charge in [0.25, 0.3) is 5.91 Å². The Labute approximate surface area is 172 Å². The average molecular weight is 394 g/mol. The second-order valence-electron chi connectivity index (χ2n) is 9.29. The van der Waals surface area contributed by atoms with Crippen molar-refractivity contribution in [3.63, 3.8) is 0 Å². The number of nitrogens with two attached hydrogens (primary N) is 1. The Morgan fingerprint density at radius 1 is 0.966 bits per heavy atom. The molecule has 29 heavy (non-hydrogen) atoms. The number of primary amides is 1. The number of hydrogen-bond donors (Lipinski definition) is 1. The highest BCUT2D eigenvalue weighted by molar-refractivity contribution is 6.35. The first kappa shape index (κ1) is 18.9. The summed E-state index contributed by atoms with van der Waals surface area (Å²) in [4.78, 5) is 29.3. The number of likely N-dealkylation sites (tertiary alicyclic amines) is 1. The Bertz CT molecular complexity index is 818. The molecule has 2 saturated carbocycles. The normalized spacial score (nSPS) is 31.9. The Hall–Kier alpha value is -2.14. The van der Waals surface area contributed by atoms with E-state index in [9.17, 15) is 9.59 Å². The number of hydrogen-bond acceptors (Lipinski definition) is 3. The van der Waals surface area contributed by atoms with Gasteiger partial charge in [-0.1, -0.05) is 31.0 Å². The van der Waals surface area contributed by atoms with Crippen LogP contribution in [0.3, 0.4) is 0 Å². The Morgan fingerprint density at radius 2 is 1.59 bits per heavy atom. The van der Waals surface area contributed by atoms with E-state index in [1.54, 1.807) is 0 Å². The standard InChI is InChI=1S/C24H31N3O2/c25-22(28)15-20-19-9-1-2-10-21(19)27(24(20)29)18-11-13-26(14-12-18)23-16-5-3-6-17(23)8-4-7-16/h1-2,9-10,15-18,23H,3-8,11-14H2,(H2,25,28). The lowest BCUT2D eigenvalue weighted by atomic mass is 9.67. The second-order valence-corrected chi connectivity index (χ2v) is 9.29. The number of fused-ring (bicyclic) bond motifs is 3. The Morgan fingerprint density at radius 3 is 2.21 bits per heavy atom. The van der Waals surface area contributed by atoms with Crippen LogP contribution in [0.4, 0.5) is 5.69 Å². The van der Waals surface area contributed by atoms with Crippen molar-refractivity contribution in [3.05, 3.63) is 35.9 Å². The van der Waals surface area contributed by atoms with Crippen LogP contribution in [0.15, 0.2) is 30.3 Å². The predicted octanol–water partition coefficient (Wildman–Crippen LogP) is 3.34. The van der Waals surface area contributed by atoms with Crippen LogP contribution in [-0.2, 0) is 9.59 Å². The van der Waals surface area contributed by atoms with Gasteiger partial charge in [-0.15, -0.1) is 0 Å². The molecule has 2 aliphatic carbocycles. The summed E-state index contributed by atoms with van der Waals surface area (Å²) in [5, 5.41) is 0. The predicted molar refractivity (Wildman–Crippen MR) is 114 cm³/mol. The lowest BCUT2D eigenvalue weighted by Gasteiger charge is -2.50. The zero-order chi connectivity index (χ0) is 20.0. The Balaban J connectivity index is 1.33. The lowest BCUT2D eigenvalue weighted by Crippen LogP contribution is -2.55. The van der Waals surface area contributed by atoms with Gasteiger partial charge in [0.2, 0.25) is 5.91 Å². The highest BCUT2D eigenvalue weighted by Gasteiger charge is 2.43. The van der Waals surface area contributed by atoms with Crippen LogP contribution in [0.25, 0.3) is 5.57 Å². The van der Waals surface area contributed by atoms with Crippen LogP contribution in [0.1, 0.15) is 56.9 Å². The summed E-state index contributed by atoms with van der Waals surface area (Å²) in [7, 11) is 0. The molecule has 154 valence electrons. The molecular formula is C24H31N3O2. The van der Waals surface area contributed by atoms with Crippen molar-refractivity contribution in [2.24, 2.45) is 17.6 Å². The van der Waals surface area contributed by atoms with Crippen LogP contribution in [0.5, 0.6) is 0 Å². The summed E-state index contributed by atoms with van der Waals surface area (Å²) in [5.74, 6) is 1.14. The third-order valence-electron chi connectivity index (χ3n) is 7.74. The summed E-state index contributed by atoms with van der Waals surface area (Å²) in [6.07, 6.45) is 11.7. The maximum atomic E-state index is 13.2. The molecule has 2 aliphatic heterocycles. The SMILES string of the molecule is NC(=O)C=C1C(=O)N(C2CCN(C3C4CCCC3CCC4)CC2)c2ccccc21. The lowest BCUT2D eigenvalue weighted by molar-refractivity contribution is -0.115. The van der Waals surface area contributed by atoms with Crippen LogP contribution in [0.2, 0.25) is 0 Å². The van der Waals surface area contributed by atoms with Gasteiger partial charge in [0.15, 0.2) is 0 Å². The van der Waals surface area contributed by atoms with Gasteiger partial charge in [0.1, 0.15) is 0 Å². The third-order valence-corrected chi connectivity index (χ3v) is 7.74. The molecule has 0 aromatic heterocycles. The van der Waals surface area contributed by atoms with E-state index in [0.29, 0.717) is 5.57 Å². The fourth-order valence-corrected chi connectivity index (χ4v) is 6.59. The molecule has 2 N–H and O–H groups in total. The van der Waals surface area contributed by atoms with E-state index in [0.717, 1.165) is 55.1 Å². The van der Waals surface area contributed by atoms with Crippen molar-refractivity contribution in [2.45, 2.75) is 63.5 Å². The van der Waals surface area contributed by atoms with Gasteiger partial charge in [-0.2, -0.15) is 0 Å². The first-order valence-corrected chi connectivity index (χ1v) is 11.3. The fraction of sp³-hybridized carbons (Fsp3) is 0.583. The molecule has 5 heteroatoms. The van der Waals surface area contributed by atoms with Crippen molar-refractivity contribution in [1.29, 1.82) is 0 Å². The number of nitrogens with zero attached hydrogens (tertiary/aromatic N) is 2. The van der Waals surface area contributed by atoms with Gasteiger partial charge < -0.3 is 10.6 Å². The molecule has 2 heterocycles. The molecular weight excluding hydrogens is 362 g/mol. The molecule has 2 bridgehead atoms. The van der Waals surface area contributed by atoms with Gasteiger partial charge in [-0.3, -0.25) is 14.5 Å². The van der Waals surface area contributed by atoms with Crippen molar-refractivity contribution in [3.8, 4) is 0 Å². The number of para-hydroxylation sites is 1. The first-order chi connectivity index (χ1) is 14.1. The summed E-state index contributed by atoms with van der Waals surface area (Å²) in [6.45, 7) is 2.15. The summed E-state index contributed by atoms with van der Waals surface area (Å²) in [6, 6.07) is 8.75. The van der Waals surface area contributed by atoms with Gasteiger partial charge in [-0.05, 0) is 56.4 Å². The minimum absolute atomic E-state index is 0.0713. The minimum Gasteiger partial charge on any atom is -0.366 e. The maximum Gasteiger partial charge on any atom is 0.259 e. The summed E-state index contributed by atoms with van der Waals surface area (Å²) < 4.78 is 0. The zero-order valence-electron chi connectivity index (χ0n) is 17.1. The van der Waals surface area contributed by atoms with Gasteiger partial charge in [-0.25, -0.2) is 0 Å². The number of benzene rings is 1. The maximum absolute atomic E-state index is 13.2. The topological polar surface area (TPSA) is 66.6 Å². The van der Waals surface area contributed by atoms with E-state index in [4.69, 9.17) is 5.73 Å². The third kappa shape index (κ3) is 3.29. The number of rotatable bonds is 3. The quantitative estimate of drug-likeness (QED) is 0.801. The molecule has 3 fully saturated rings. The fourth-order valence-electron chi connectivity index (χ4n) is 6.59. The zero-order valence-corrected chi connectivity index (χ0v) is 17.1. The van der Waals surface area contributed by atoms with Crippen LogP contribution in [-0.4, -0.2) is 41.9 Å². The van der Waals surface area contributed by atoms with E-state index in [1.165, 1.54) is 44.6 Å². The van der Waals surface area contributed by atoms with Gasteiger partial charge in [0, 0.05) is 36.8 Å². The molecule has 4 aliphatic rings. The molecule has 1 saturated heterocycles. The molecule has 0 spiro atoms. The van der Waals surface area contributed by atoms with E-state index in [2.05, 4.69) is 4.90 Å². The minimum atomic E-state index is -0.566. The van der Waals surface area contributed by atoms with Crippen molar-refractivity contribution < 1.29 is 9.59 Å². The molecule has 1 aromatic rings. The van der Waals surface area contributed by atoms with E-state index in [1.807, 2.05) is 29.2 Å². The second kappa shape index (κ2) is 7.60. The highest BCUT2D eigenvalue weighted by Crippen LogP contribution is 2.44. The largest absolute Gasteiger partial charge is 0.366 e. The van der Waals surface area contributed by atoms with Gasteiger partial charge in [0.05, 0.1) is 11.3 Å². The molecule has 0 radical (unpaired) electrons. The van der Waals surface area contributed by atoms with Crippen LogP contribution < -0.4 is 10.6 Å². The Kier molecular flexibility index (Phi) is 4.94.